The highest BCUT2D eigenvalue weighted by Crippen LogP contribution is 2.24. The fraction of sp³-hybridized carbons (Fsp3) is 0.143. The summed E-state index contributed by atoms with van der Waals surface area (Å²) in [5.74, 6) is -0.295. The summed E-state index contributed by atoms with van der Waals surface area (Å²) in [6.07, 6.45) is 1.41. The Kier molecular flexibility index (Phi) is 2.05. The standard InChI is InChI=1S/C7H5ClN2O2S/c8-4-1-5-7(9-2-4)13(12)3-6(11)10-5/h1-2H,3H2,(H,10,11). The molecule has 1 atom stereocenters. The molecule has 13 heavy (non-hydrogen) atoms. The highest BCUT2D eigenvalue weighted by molar-refractivity contribution is 7.86. The van der Waals surface area contributed by atoms with E-state index in [-0.39, 0.29) is 11.7 Å². The maximum Gasteiger partial charge on any atom is 0.237 e. The van der Waals surface area contributed by atoms with Crippen molar-refractivity contribution in [3.63, 3.8) is 0 Å². The molecule has 2 rings (SSSR count). The van der Waals surface area contributed by atoms with E-state index in [1.807, 2.05) is 0 Å². The van der Waals surface area contributed by atoms with Gasteiger partial charge in [0.1, 0.15) is 5.75 Å². The van der Waals surface area contributed by atoms with E-state index in [0.29, 0.717) is 15.7 Å². The number of pyridine rings is 1. The Hall–Kier alpha value is -0.940. The van der Waals surface area contributed by atoms with Gasteiger partial charge in [-0.3, -0.25) is 9.00 Å². The molecule has 1 aromatic heterocycles. The highest BCUT2D eigenvalue weighted by atomic mass is 35.5. The first kappa shape index (κ1) is 8.65. The monoisotopic (exact) mass is 216 g/mol. The lowest BCUT2D eigenvalue weighted by atomic mass is 10.4. The van der Waals surface area contributed by atoms with E-state index in [1.54, 1.807) is 6.07 Å². The molecule has 1 unspecified atom stereocenters. The molecule has 2 heterocycles. The summed E-state index contributed by atoms with van der Waals surface area (Å²) in [6.45, 7) is 0. The van der Waals surface area contributed by atoms with Gasteiger partial charge < -0.3 is 5.32 Å². The van der Waals surface area contributed by atoms with Crippen molar-refractivity contribution >= 4 is 34.0 Å². The summed E-state index contributed by atoms with van der Waals surface area (Å²) in [5, 5.41) is 3.36. The zero-order valence-corrected chi connectivity index (χ0v) is 7.98. The number of nitrogens with zero attached hydrogens (tertiary/aromatic N) is 1. The third-order valence-electron chi connectivity index (χ3n) is 1.57. The van der Waals surface area contributed by atoms with Gasteiger partial charge in [0.05, 0.1) is 21.5 Å². The van der Waals surface area contributed by atoms with Crippen molar-refractivity contribution in [1.29, 1.82) is 0 Å². The summed E-state index contributed by atoms with van der Waals surface area (Å²) in [7, 11) is -1.34. The minimum absolute atomic E-state index is 0.0262. The molecule has 4 nitrogen and oxygen atoms in total. The van der Waals surface area contributed by atoms with Crippen LogP contribution in [0.4, 0.5) is 5.69 Å². The lowest BCUT2D eigenvalue weighted by molar-refractivity contribution is -0.114. The second kappa shape index (κ2) is 3.08. The van der Waals surface area contributed by atoms with E-state index in [9.17, 15) is 9.00 Å². The van der Waals surface area contributed by atoms with E-state index in [0.717, 1.165) is 0 Å². The molecule has 1 N–H and O–H groups in total. The number of carbonyl (C=O) groups is 1. The fourth-order valence-corrected chi connectivity index (χ4v) is 2.20. The molecular formula is C7H5ClN2O2S. The number of anilines is 1. The molecule has 1 aliphatic heterocycles. The zero-order chi connectivity index (χ0) is 9.42. The number of hydrogen-bond acceptors (Lipinski definition) is 3. The Balaban J connectivity index is 2.55. The van der Waals surface area contributed by atoms with Crippen LogP contribution < -0.4 is 5.32 Å². The first-order valence-corrected chi connectivity index (χ1v) is 5.20. The van der Waals surface area contributed by atoms with Gasteiger partial charge in [-0.1, -0.05) is 11.6 Å². The number of hydrogen-bond donors (Lipinski definition) is 1. The lowest BCUT2D eigenvalue weighted by Crippen LogP contribution is -2.26. The second-order valence-corrected chi connectivity index (χ2v) is 4.35. The third kappa shape index (κ3) is 1.57. The van der Waals surface area contributed by atoms with Crippen LogP contribution in [0, 0.1) is 0 Å². The van der Waals surface area contributed by atoms with E-state index >= 15 is 0 Å². The van der Waals surface area contributed by atoms with Crippen molar-refractivity contribution in [3.05, 3.63) is 17.3 Å². The van der Waals surface area contributed by atoms with Crippen molar-refractivity contribution in [2.24, 2.45) is 0 Å². The molecule has 0 fully saturated rings. The molecule has 1 aromatic rings. The predicted molar refractivity (Wildman–Crippen MR) is 49.2 cm³/mol. The van der Waals surface area contributed by atoms with Crippen LogP contribution in [0.3, 0.4) is 0 Å². The Morgan fingerprint density at radius 3 is 3.15 bits per heavy atom. The van der Waals surface area contributed by atoms with Gasteiger partial charge in [-0.25, -0.2) is 4.98 Å². The van der Waals surface area contributed by atoms with Crippen LogP contribution in [-0.4, -0.2) is 20.9 Å². The van der Waals surface area contributed by atoms with Gasteiger partial charge in [-0.15, -0.1) is 0 Å². The van der Waals surface area contributed by atoms with E-state index in [1.165, 1.54) is 6.20 Å². The molecular weight excluding hydrogens is 212 g/mol. The predicted octanol–water partition coefficient (Wildman–Crippen LogP) is 0.795. The quantitative estimate of drug-likeness (QED) is 0.698. The Morgan fingerprint density at radius 1 is 1.62 bits per heavy atom. The molecule has 1 aliphatic rings. The minimum atomic E-state index is -1.34. The number of nitrogens with one attached hydrogen (secondary N) is 1. The van der Waals surface area contributed by atoms with Crippen LogP contribution in [0.25, 0.3) is 0 Å². The summed E-state index contributed by atoms with van der Waals surface area (Å²) < 4.78 is 11.4. The number of amides is 1. The van der Waals surface area contributed by atoms with Crippen molar-refractivity contribution in [3.8, 4) is 0 Å². The molecule has 6 heteroatoms. The molecule has 0 saturated carbocycles. The van der Waals surface area contributed by atoms with E-state index < -0.39 is 10.8 Å². The van der Waals surface area contributed by atoms with Crippen molar-refractivity contribution in [2.45, 2.75) is 5.03 Å². The highest BCUT2D eigenvalue weighted by Gasteiger charge is 2.22. The summed E-state index contributed by atoms with van der Waals surface area (Å²) >= 11 is 5.66. The molecule has 0 bridgehead atoms. The van der Waals surface area contributed by atoms with Gasteiger partial charge in [0.2, 0.25) is 5.91 Å². The van der Waals surface area contributed by atoms with Gasteiger partial charge in [0.15, 0.2) is 5.03 Å². The van der Waals surface area contributed by atoms with Crippen LogP contribution in [0.15, 0.2) is 17.3 Å². The maximum absolute atomic E-state index is 11.4. The van der Waals surface area contributed by atoms with Crippen LogP contribution in [0.5, 0.6) is 0 Å². The molecule has 0 spiro atoms. The number of rotatable bonds is 0. The van der Waals surface area contributed by atoms with Gasteiger partial charge in [0, 0.05) is 6.20 Å². The molecule has 68 valence electrons. The van der Waals surface area contributed by atoms with Crippen molar-refractivity contribution in [1.82, 2.24) is 4.98 Å². The molecule has 0 aromatic carbocycles. The lowest BCUT2D eigenvalue weighted by Gasteiger charge is -2.14. The van der Waals surface area contributed by atoms with Gasteiger partial charge in [-0.2, -0.15) is 0 Å². The Labute approximate surface area is 81.8 Å². The summed E-state index contributed by atoms with van der Waals surface area (Å²) in [5.41, 5.74) is 0.446. The van der Waals surface area contributed by atoms with E-state index in [4.69, 9.17) is 11.6 Å². The topological polar surface area (TPSA) is 59.1 Å². The average Bonchev–Trinajstić information content (AvgIpc) is 2.02. The number of carbonyl (C=O) groups excluding carboxylic acids is 1. The minimum Gasteiger partial charge on any atom is -0.323 e. The normalized spacial score (nSPS) is 20.7. The average molecular weight is 217 g/mol. The SMILES string of the molecule is O=C1CS(=O)c2ncc(Cl)cc2N1. The smallest absolute Gasteiger partial charge is 0.237 e. The molecule has 0 radical (unpaired) electrons. The maximum atomic E-state index is 11.4. The van der Waals surface area contributed by atoms with Crippen LogP contribution in [0.2, 0.25) is 5.02 Å². The number of halogens is 1. The number of fused-ring (bicyclic) bond motifs is 1. The van der Waals surface area contributed by atoms with Gasteiger partial charge >= 0.3 is 0 Å². The Morgan fingerprint density at radius 2 is 2.38 bits per heavy atom. The molecule has 0 saturated heterocycles. The number of aromatic nitrogens is 1. The summed E-state index contributed by atoms with van der Waals surface area (Å²) in [4.78, 5) is 14.9. The first-order valence-electron chi connectivity index (χ1n) is 3.50. The van der Waals surface area contributed by atoms with E-state index in [2.05, 4.69) is 10.3 Å². The fourth-order valence-electron chi connectivity index (χ4n) is 1.07. The second-order valence-electron chi connectivity index (χ2n) is 2.54. The first-order chi connectivity index (χ1) is 6.16. The summed E-state index contributed by atoms with van der Waals surface area (Å²) in [6, 6.07) is 1.54. The zero-order valence-electron chi connectivity index (χ0n) is 6.41. The third-order valence-corrected chi connectivity index (χ3v) is 3.06. The van der Waals surface area contributed by atoms with Crippen LogP contribution in [0.1, 0.15) is 0 Å². The molecule has 0 aliphatic carbocycles. The van der Waals surface area contributed by atoms with Crippen LogP contribution >= 0.6 is 11.6 Å². The van der Waals surface area contributed by atoms with Crippen molar-refractivity contribution in [2.75, 3.05) is 11.1 Å². The largest absolute Gasteiger partial charge is 0.323 e. The van der Waals surface area contributed by atoms with Gasteiger partial charge in [0.25, 0.3) is 0 Å². The Bertz CT molecular complexity index is 407. The van der Waals surface area contributed by atoms with Crippen LogP contribution in [-0.2, 0) is 15.6 Å². The van der Waals surface area contributed by atoms with Crippen molar-refractivity contribution < 1.29 is 9.00 Å². The molecule has 1 amide bonds. The van der Waals surface area contributed by atoms with Gasteiger partial charge in [-0.05, 0) is 6.07 Å².